The number of aryl methyl sites for hydroxylation is 1. The normalized spacial score (nSPS) is 12.3. The van der Waals surface area contributed by atoms with E-state index in [1.54, 1.807) is 7.05 Å². The topological polar surface area (TPSA) is 98.1 Å². The summed E-state index contributed by atoms with van der Waals surface area (Å²) < 4.78 is 50.6. The number of imidazole rings is 1. The summed E-state index contributed by atoms with van der Waals surface area (Å²) in [6.07, 6.45) is 2.70. The van der Waals surface area contributed by atoms with E-state index in [1.807, 2.05) is 0 Å². The molecule has 0 aliphatic rings. The van der Waals surface area contributed by atoms with Crippen LogP contribution in [0.5, 0.6) is 0 Å². The van der Waals surface area contributed by atoms with Crippen LogP contribution in [0.1, 0.15) is 0 Å². The van der Waals surface area contributed by atoms with Gasteiger partial charge in [-0.05, 0) is 34.1 Å². The van der Waals surface area contributed by atoms with Gasteiger partial charge >= 0.3 is 0 Å². The molecule has 7 nitrogen and oxygen atoms in total. The van der Waals surface area contributed by atoms with Crippen molar-refractivity contribution in [2.75, 3.05) is 4.72 Å². The Morgan fingerprint density at radius 1 is 1.29 bits per heavy atom. The number of hydrogen-bond donors (Lipinski definition) is 1. The summed E-state index contributed by atoms with van der Waals surface area (Å²) in [4.78, 5) is 3.60. The summed E-state index contributed by atoms with van der Waals surface area (Å²) in [5.74, 6) is 0. The number of anilines is 1. The second-order valence-electron chi connectivity index (χ2n) is 4.07. The molecule has 0 aliphatic heterocycles. The Morgan fingerprint density at radius 3 is 2.43 bits per heavy atom. The number of aromatic nitrogens is 2. The third-order valence-electron chi connectivity index (χ3n) is 2.40. The Morgan fingerprint density at radius 2 is 1.95 bits per heavy atom. The Hall–Kier alpha value is -1.10. The Bertz CT molecular complexity index is 893. The van der Waals surface area contributed by atoms with Gasteiger partial charge in [0.2, 0.25) is 0 Å². The average Bonchev–Trinajstić information content (AvgIpc) is 2.74. The maximum Gasteiger partial charge on any atom is 0.280 e. The predicted molar refractivity (Wildman–Crippen MR) is 81.2 cm³/mol. The minimum atomic E-state index is -3.91. The molecule has 1 aromatic carbocycles. The molecular formula is C10H9BrClN3O4S2. The summed E-state index contributed by atoms with van der Waals surface area (Å²) in [5, 5.41) is -0.143. The van der Waals surface area contributed by atoms with Crippen LogP contribution in [-0.4, -0.2) is 26.4 Å². The molecule has 0 amide bonds. The second-order valence-corrected chi connectivity index (χ2v) is 9.08. The molecule has 1 aromatic heterocycles. The molecule has 2 rings (SSSR count). The molecule has 0 unspecified atom stereocenters. The molecular weight excluding hydrogens is 406 g/mol. The smallest absolute Gasteiger partial charge is 0.280 e. The molecule has 0 bridgehead atoms. The summed E-state index contributed by atoms with van der Waals surface area (Å²) in [6.45, 7) is 0. The number of nitrogens with zero attached hydrogens (tertiary/aromatic N) is 2. The zero-order valence-corrected chi connectivity index (χ0v) is 14.5. The van der Waals surface area contributed by atoms with E-state index >= 15 is 0 Å². The molecule has 114 valence electrons. The first-order valence-electron chi connectivity index (χ1n) is 5.34. The van der Waals surface area contributed by atoms with E-state index in [9.17, 15) is 16.8 Å². The van der Waals surface area contributed by atoms with Gasteiger partial charge < -0.3 is 4.57 Å². The molecule has 11 heteroatoms. The standard InChI is InChI=1S/C10H9BrClN3O4S2/c1-15-5-10(13-6-15)21(18,19)14-7-2-3-9(8(11)4-7)20(12,16)17/h2-6,14H,1H3. The lowest BCUT2D eigenvalue weighted by atomic mass is 10.3. The Kier molecular flexibility index (Phi) is 4.34. The van der Waals surface area contributed by atoms with Crippen molar-refractivity contribution in [3.63, 3.8) is 0 Å². The number of rotatable bonds is 4. The summed E-state index contributed by atoms with van der Waals surface area (Å²) in [6, 6.07) is 3.79. The van der Waals surface area contributed by atoms with E-state index in [-0.39, 0.29) is 20.1 Å². The molecule has 0 saturated heterocycles. The maximum absolute atomic E-state index is 12.1. The minimum absolute atomic E-state index is 0.143. The summed E-state index contributed by atoms with van der Waals surface area (Å²) >= 11 is 3.03. The molecule has 0 spiro atoms. The van der Waals surface area contributed by atoms with Crippen LogP contribution < -0.4 is 4.72 Å². The van der Waals surface area contributed by atoms with Crippen molar-refractivity contribution >= 4 is 51.4 Å². The average molecular weight is 415 g/mol. The lowest BCUT2D eigenvalue weighted by Gasteiger charge is -2.07. The number of benzene rings is 1. The van der Waals surface area contributed by atoms with E-state index in [0.717, 1.165) is 0 Å². The highest BCUT2D eigenvalue weighted by molar-refractivity contribution is 9.10. The van der Waals surface area contributed by atoms with Crippen LogP contribution in [0.15, 0.2) is 45.1 Å². The van der Waals surface area contributed by atoms with Gasteiger partial charge in [-0.25, -0.2) is 13.4 Å². The first-order chi connectivity index (χ1) is 9.59. The molecule has 21 heavy (non-hydrogen) atoms. The Balaban J connectivity index is 2.35. The number of halogens is 2. The lowest BCUT2D eigenvalue weighted by Crippen LogP contribution is -2.13. The van der Waals surface area contributed by atoms with Crippen LogP contribution in [0.2, 0.25) is 0 Å². The predicted octanol–water partition coefficient (Wildman–Crippen LogP) is 1.91. The highest BCUT2D eigenvalue weighted by atomic mass is 79.9. The third-order valence-corrected chi connectivity index (χ3v) is 5.97. The quantitative estimate of drug-likeness (QED) is 0.771. The van der Waals surface area contributed by atoms with Gasteiger partial charge in [0.1, 0.15) is 0 Å². The number of hydrogen-bond acceptors (Lipinski definition) is 5. The second kappa shape index (κ2) is 5.59. The van der Waals surface area contributed by atoms with E-state index < -0.39 is 19.1 Å². The molecule has 1 N–H and O–H groups in total. The van der Waals surface area contributed by atoms with Crippen molar-refractivity contribution in [3.05, 3.63) is 35.2 Å². The molecule has 0 radical (unpaired) electrons. The molecule has 2 aromatic rings. The number of sulfonamides is 1. The molecule has 0 saturated carbocycles. The highest BCUT2D eigenvalue weighted by Crippen LogP contribution is 2.28. The van der Waals surface area contributed by atoms with Gasteiger partial charge in [-0.3, -0.25) is 4.72 Å². The first kappa shape index (κ1) is 16.3. The number of nitrogens with one attached hydrogen (secondary N) is 1. The summed E-state index contributed by atoms with van der Waals surface area (Å²) in [7, 11) is -0.873. The van der Waals surface area contributed by atoms with Crippen LogP contribution >= 0.6 is 26.6 Å². The first-order valence-corrected chi connectivity index (χ1v) is 9.93. The van der Waals surface area contributed by atoms with Gasteiger partial charge in [0, 0.05) is 28.4 Å². The fourth-order valence-corrected chi connectivity index (χ4v) is 4.75. The fraction of sp³-hybridized carbons (Fsp3) is 0.100. The van der Waals surface area contributed by atoms with Crippen LogP contribution in [0, 0.1) is 0 Å². The van der Waals surface area contributed by atoms with Crippen molar-refractivity contribution in [1.29, 1.82) is 0 Å². The summed E-state index contributed by atoms with van der Waals surface area (Å²) in [5.41, 5.74) is 0.177. The van der Waals surface area contributed by atoms with Gasteiger partial charge in [0.25, 0.3) is 19.1 Å². The van der Waals surface area contributed by atoms with E-state index in [1.165, 1.54) is 35.3 Å². The van der Waals surface area contributed by atoms with Crippen molar-refractivity contribution in [3.8, 4) is 0 Å². The Labute approximate surface area is 134 Å². The fourth-order valence-electron chi connectivity index (χ4n) is 1.50. The molecule has 0 fully saturated rings. The van der Waals surface area contributed by atoms with Gasteiger partial charge in [-0.15, -0.1) is 0 Å². The SMILES string of the molecule is Cn1cnc(S(=O)(=O)Nc2ccc(S(=O)(=O)Cl)c(Br)c2)c1. The minimum Gasteiger partial charge on any atom is -0.339 e. The van der Waals surface area contributed by atoms with Crippen molar-refractivity contribution in [1.82, 2.24) is 9.55 Å². The van der Waals surface area contributed by atoms with E-state index in [4.69, 9.17) is 10.7 Å². The maximum atomic E-state index is 12.1. The van der Waals surface area contributed by atoms with Crippen molar-refractivity contribution in [2.45, 2.75) is 9.92 Å². The van der Waals surface area contributed by atoms with E-state index in [0.29, 0.717) is 0 Å². The third kappa shape index (κ3) is 3.76. The van der Waals surface area contributed by atoms with Gasteiger partial charge in [0.05, 0.1) is 16.9 Å². The van der Waals surface area contributed by atoms with E-state index in [2.05, 4.69) is 25.6 Å². The van der Waals surface area contributed by atoms with Crippen LogP contribution in [0.3, 0.4) is 0 Å². The largest absolute Gasteiger partial charge is 0.339 e. The van der Waals surface area contributed by atoms with Crippen molar-refractivity contribution < 1.29 is 16.8 Å². The van der Waals surface area contributed by atoms with Crippen LogP contribution in [-0.2, 0) is 26.1 Å². The zero-order valence-electron chi connectivity index (χ0n) is 10.5. The molecule has 0 aliphatic carbocycles. The lowest BCUT2D eigenvalue weighted by molar-refractivity contribution is 0.598. The van der Waals surface area contributed by atoms with Gasteiger partial charge in [-0.2, -0.15) is 8.42 Å². The zero-order chi connectivity index (χ0) is 15.8. The van der Waals surface area contributed by atoms with Gasteiger partial charge in [0.15, 0.2) is 5.03 Å². The monoisotopic (exact) mass is 413 g/mol. The van der Waals surface area contributed by atoms with Gasteiger partial charge in [-0.1, -0.05) is 0 Å². The van der Waals surface area contributed by atoms with Crippen LogP contribution in [0.4, 0.5) is 5.69 Å². The van der Waals surface area contributed by atoms with Crippen molar-refractivity contribution in [2.24, 2.45) is 7.05 Å². The van der Waals surface area contributed by atoms with Crippen LogP contribution in [0.25, 0.3) is 0 Å². The molecule has 1 heterocycles. The highest BCUT2D eigenvalue weighted by Gasteiger charge is 2.19. The molecule has 0 atom stereocenters.